The van der Waals surface area contributed by atoms with Gasteiger partial charge in [-0.05, 0) is 84.2 Å². The number of methoxy groups -OCH3 is 5. The van der Waals surface area contributed by atoms with Crippen molar-refractivity contribution in [2.24, 2.45) is 0 Å². The number of aryl methyl sites for hydroxylation is 1. The third-order valence-electron chi connectivity index (χ3n) is 5.20. The molecular formula is C36H44O9. The SMILES string of the molecule is C=C(C)C=O.C=CC=O.C=CC=O.COc1ccc(-c2ccc(OC)c(OC)c2)cc1.COc1ccc(CCC=O)cc1OC. The summed E-state index contributed by atoms with van der Waals surface area (Å²) in [4.78, 5) is 37.7. The zero-order valence-electron chi connectivity index (χ0n) is 26.9. The summed E-state index contributed by atoms with van der Waals surface area (Å²) in [6.45, 7) is 11.2. The molecule has 0 aliphatic heterocycles. The lowest BCUT2D eigenvalue weighted by molar-refractivity contribution is -0.108. The molecule has 3 rings (SSSR count). The molecule has 0 heterocycles. The Balaban J connectivity index is 0. The number of carbonyl (C=O) groups excluding carboxylic acids is 4. The van der Waals surface area contributed by atoms with Crippen LogP contribution >= 0.6 is 0 Å². The third-order valence-corrected chi connectivity index (χ3v) is 5.20. The van der Waals surface area contributed by atoms with E-state index >= 15 is 0 Å². The van der Waals surface area contributed by atoms with Crippen molar-refractivity contribution >= 4 is 25.1 Å². The van der Waals surface area contributed by atoms with Crippen LogP contribution in [-0.2, 0) is 25.6 Å². The molecule has 0 aliphatic carbocycles. The van der Waals surface area contributed by atoms with E-state index in [2.05, 4.69) is 19.7 Å². The Morgan fingerprint density at radius 2 is 1.04 bits per heavy atom. The molecule has 9 nitrogen and oxygen atoms in total. The molecule has 242 valence electrons. The number of allylic oxidation sites excluding steroid dienone is 3. The number of hydrogen-bond donors (Lipinski definition) is 0. The molecule has 0 saturated carbocycles. The van der Waals surface area contributed by atoms with Crippen LogP contribution < -0.4 is 23.7 Å². The lowest BCUT2D eigenvalue weighted by atomic mass is 10.1. The van der Waals surface area contributed by atoms with Crippen LogP contribution in [0.5, 0.6) is 28.7 Å². The van der Waals surface area contributed by atoms with Crippen molar-refractivity contribution in [1.82, 2.24) is 0 Å². The van der Waals surface area contributed by atoms with Gasteiger partial charge in [0.2, 0.25) is 0 Å². The van der Waals surface area contributed by atoms with Crippen LogP contribution in [0.4, 0.5) is 0 Å². The largest absolute Gasteiger partial charge is 0.497 e. The average Bonchev–Trinajstić information content (AvgIpc) is 3.10. The van der Waals surface area contributed by atoms with Gasteiger partial charge in [-0.15, -0.1) is 0 Å². The molecule has 3 aromatic rings. The van der Waals surface area contributed by atoms with Crippen molar-refractivity contribution in [1.29, 1.82) is 0 Å². The summed E-state index contributed by atoms with van der Waals surface area (Å²) in [6.07, 6.45) is 6.58. The molecular weight excluding hydrogens is 576 g/mol. The smallest absolute Gasteiger partial charge is 0.161 e. The van der Waals surface area contributed by atoms with Crippen LogP contribution in [0.3, 0.4) is 0 Å². The van der Waals surface area contributed by atoms with Crippen molar-refractivity contribution < 1.29 is 42.9 Å². The first-order chi connectivity index (χ1) is 21.7. The lowest BCUT2D eigenvalue weighted by Crippen LogP contribution is -1.93. The molecule has 0 amide bonds. The van der Waals surface area contributed by atoms with E-state index in [9.17, 15) is 9.59 Å². The first-order valence-electron chi connectivity index (χ1n) is 13.4. The Hall–Kier alpha value is -5.44. The molecule has 0 N–H and O–H groups in total. The van der Waals surface area contributed by atoms with Gasteiger partial charge in [0.05, 0.1) is 35.5 Å². The van der Waals surface area contributed by atoms with E-state index in [1.165, 1.54) is 12.2 Å². The lowest BCUT2D eigenvalue weighted by Gasteiger charge is -2.10. The van der Waals surface area contributed by atoms with Gasteiger partial charge >= 0.3 is 0 Å². The molecule has 45 heavy (non-hydrogen) atoms. The number of rotatable bonds is 12. The number of benzene rings is 3. The van der Waals surface area contributed by atoms with Crippen molar-refractivity contribution in [3.63, 3.8) is 0 Å². The van der Waals surface area contributed by atoms with Gasteiger partial charge in [0.1, 0.15) is 30.9 Å². The third kappa shape index (κ3) is 18.7. The normalized spacial score (nSPS) is 8.58. The highest BCUT2D eigenvalue weighted by Gasteiger charge is 2.06. The van der Waals surface area contributed by atoms with Gasteiger partial charge in [0.25, 0.3) is 0 Å². The number of ether oxygens (including phenoxy) is 5. The minimum Gasteiger partial charge on any atom is -0.497 e. The molecule has 0 fully saturated rings. The minimum atomic E-state index is 0.537. The number of carbonyl (C=O) groups is 4. The van der Waals surface area contributed by atoms with E-state index in [0.29, 0.717) is 36.1 Å². The van der Waals surface area contributed by atoms with Gasteiger partial charge in [0.15, 0.2) is 23.0 Å². The molecule has 0 aromatic heterocycles. The molecule has 0 unspecified atom stereocenters. The van der Waals surface area contributed by atoms with Gasteiger partial charge in [0, 0.05) is 6.42 Å². The quantitative estimate of drug-likeness (QED) is 0.161. The average molecular weight is 621 g/mol. The topological polar surface area (TPSA) is 114 Å². The maximum atomic E-state index is 10.2. The summed E-state index contributed by atoms with van der Waals surface area (Å²) >= 11 is 0. The van der Waals surface area contributed by atoms with Crippen LogP contribution in [-0.4, -0.2) is 60.7 Å². The van der Waals surface area contributed by atoms with Gasteiger partial charge in [-0.2, -0.15) is 0 Å². The van der Waals surface area contributed by atoms with E-state index in [4.69, 9.17) is 33.3 Å². The summed E-state index contributed by atoms with van der Waals surface area (Å²) in [5, 5.41) is 0. The van der Waals surface area contributed by atoms with E-state index in [1.807, 2.05) is 60.7 Å². The molecule has 0 aliphatic rings. The maximum Gasteiger partial charge on any atom is 0.161 e. The first-order valence-corrected chi connectivity index (χ1v) is 13.4. The van der Waals surface area contributed by atoms with Crippen molar-refractivity contribution in [3.8, 4) is 39.9 Å². The van der Waals surface area contributed by atoms with Crippen LogP contribution in [0.15, 0.2) is 98.1 Å². The fourth-order valence-corrected chi connectivity index (χ4v) is 3.06. The van der Waals surface area contributed by atoms with Crippen LogP contribution in [0.1, 0.15) is 18.9 Å². The molecule has 9 heteroatoms. The zero-order valence-corrected chi connectivity index (χ0v) is 26.9. The highest BCUT2D eigenvalue weighted by atomic mass is 16.5. The van der Waals surface area contributed by atoms with E-state index in [0.717, 1.165) is 52.9 Å². The zero-order chi connectivity index (χ0) is 34.5. The fraction of sp³-hybridized carbons (Fsp3) is 0.222. The van der Waals surface area contributed by atoms with Crippen LogP contribution in [0.2, 0.25) is 0 Å². The number of hydrogen-bond acceptors (Lipinski definition) is 9. The molecule has 0 radical (unpaired) electrons. The number of aldehydes is 4. The van der Waals surface area contributed by atoms with Gasteiger partial charge in [-0.1, -0.05) is 44.0 Å². The second-order valence-electron chi connectivity index (χ2n) is 8.40. The Morgan fingerprint density at radius 3 is 1.42 bits per heavy atom. The van der Waals surface area contributed by atoms with Crippen LogP contribution in [0.25, 0.3) is 11.1 Å². The molecule has 0 atom stereocenters. The summed E-state index contributed by atoms with van der Waals surface area (Å²) < 4.78 is 25.9. The van der Waals surface area contributed by atoms with Gasteiger partial charge in [-0.3, -0.25) is 14.4 Å². The van der Waals surface area contributed by atoms with Crippen molar-refractivity contribution in [3.05, 3.63) is 104 Å². The van der Waals surface area contributed by atoms with E-state index < -0.39 is 0 Å². The second kappa shape index (κ2) is 27.4. The second-order valence-corrected chi connectivity index (χ2v) is 8.40. The summed E-state index contributed by atoms with van der Waals surface area (Å²) in [6, 6.07) is 19.4. The summed E-state index contributed by atoms with van der Waals surface area (Å²) in [5.41, 5.74) is 3.84. The van der Waals surface area contributed by atoms with Gasteiger partial charge < -0.3 is 28.5 Å². The molecule has 0 saturated heterocycles. The van der Waals surface area contributed by atoms with Gasteiger partial charge in [-0.25, -0.2) is 0 Å². The Morgan fingerprint density at radius 1 is 0.622 bits per heavy atom. The summed E-state index contributed by atoms with van der Waals surface area (Å²) in [7, 11) is 8.12. The minimum absolute atomic E-state index is 0.537. The van der Waals surface area contributed by atoms with E-state index in [-0.39, 0.29) is 0 Å². The summed E-state index contributed by atoms with van der Waals surface area (Å²) in [5.74, 6) is 3.72. The maximum absolute atomic E-state index is 10.2. The fourth-order valence-electron chi connectivity index (χ4n) is 3.06. The highest BCUT2D eigenvalue weighted by molar-refractivity contribution is 5.70. The first kappa shape index (κ1) is 41.7. The van der Waals surface area contributed by atoms with Crippen molar-refractivity contribution in [2.75, 3.05) is 35.5 Å². The Bertz CT molecular complexity index is 1290. The van der Waals surface area contributed by atoms with E-state index in [1.54, 1.807) is 42.5 Å². The predicted octanol–water partition coefficient (Wildman–Crippen LogP) is 6.72. The van der Waals surface area contributed by atoms with Crippen molar-refractivity contribution in [2.45, 2.75) is 19.8 Å². The molecule has 0 spiro atoms. The molecule has 0 bridgehead atoms. The standard InChI is InChI=1S/C15H16O3.C11H14O3.C4H6O.2C3H4O/c1-16-13-7-4-11(5-8-13)12-6-9-14(17-2)15(10-12)18-3;1-13-10-6-5-9(4-3-7-12)8-11(10)14-2;1-4(2)3-5;2*1-2-3-4/h4-10H,1-3H3;5-8H,3-4H2,1-2H3;3H,1H2,2H3;2*2-3H,1H2. The van der Waals surface area contributed by atoms with Crippen LogP contribution in [0, 0.1) is 0 Å². The highest BCUT2D eigenvalue weighted by Crippen LogP contribution is 2.32. The Kier molecular flexibility index (Phi) is 25.4. The Labute approximate surface area is 266 Å². The monoisotopic (exact) mass is 620 g/mol. The molecule has 3 aromatic carbocycles. The predicted molar refractivity (Wildman–Crippen MR) is 179 cm³/mol.